The lowest BCUT2D eigenvalue weighted by Crippen LogP contribution is -2.46. The number of urea groups is 1. The number of ether oxygens (including phenoxy) is 1. The Balaban J connectivity index is 2.51. The lowest BCUT2D eigenvalue weighted by molar-refractivity contribution is -0.142. The molecule has 0 aromatic carbocycles. The van der Waals surface area contributed by atoms with Gasteiger partial charge in [-0.2, -0.15) is 0 Å². The van der Waals surface area contributed by atoms with Crippen molar-refractivity contribution < 1.29 is 24.2 Å². The topological polar surface area (TPSA) is 95.9 Å². The first-order chi connectivity index (χ1) is 9.93. The Morgan fingerprint density at radius 3 is 2.71 bits per heavy atom. The van der Waals surface area contributed by atoms with Crippen molar-refractivity contribution in [1.29, 1.82) is 0 Å². The molecule has 0 saturated heterocycles. The van der Waals surface area contributed by atoms with Crippen molar-refractivity contribution in [2.45, 2.75) is 25.4 Å². The van der Waals surface area contributed by atoms with Gasteiger partial charge in [-0.25, -0.2) is 9.59 Å². The Kier molecular flexibility index (Phi) is 6.67. The highest BCUT2D eigenvalue weighted by Crippen LogP contribution is 2.11. The van der Waals surface area contributed by atoms with Crippen LogP contribution in [0.5, 0.6) is 0 Å². The minimum atomic E-state index is -1.18. The number of carbonyl (C=O) groups excluding carboxylic acids is 2. The Hall–Kier alpha value is -2.09. The molecule has 1 rings (SSSR count). The molecule has 0 aliphatic rings. The van der Waals surface area contributed by atoms with Crippen LogP contribution in [0.2, 0.25) is 0 Å². The van der Waals surface area contributed by atoms with Crippen LogP contribution in [0.4, 0.5) is 4.79 Å². The zero-order chi connectivity index (χ0) is 15.8. The molecule has 21 heavy (non-hydrogen) atoms. The fourth-order valence-electron chi connectivity index (χ4n) is 1.59. The van der Waals surface area contributed by atoms with E-state index in [1.165, 1.54) is 23.3 Å². The summed E-state index contributed by atoms with van der Waals surface area (Å²) in [6.07, 6.45) is -0.0804. The highest BCUT2D eigenvalue weighted by Gasteiger charge is 2.22. The molecule has 2 amide bonds. The number of carbonyl (C=O) groups is 3. The summed E-state index contributed by atoms with van der Waals surface area (Å²) in [7, 11) is 2.81. The molecule has 0 aliphatic carbocycles. The van der Waals surface area contributed by atoms with Crippen molar-refractivity contribution in [2.24, 2.45) is 0 Å². The molecule has 0 aliphatic heterocycles. The van der Waals surface area contributed by atoms with Gasteiger partial charge in [0.25, 0.3) is 0 Å². The number of carboxylic acids is 1. The zero-order valence-corrected chi connectivity index (χ0v) is 12.7. The van der Waals surface area contributed by atoms with E-state index >= 15 is 0 Å². The molecule has 0 unspecified atom stereocenters. The molecule has 116 valence electrons. The van der Waals surface area contributed by atoms with Gasteiger partial charge in [-0.1, -0.05) is 6.07 Å². The lowest BCUT2D eigenvalue weighted by Gasteiger charge is -2.20. The van der Waals surface area contributed by atoms with E-state index in [4.69, 9.17) is 5.11 Å². The predicted octanol–water partition coefficient (Wildman–Crippen LogP) is 1.30. The van der Waals surface area contributed by atoms with Crippen LogP contribution < -0.4 is 5.32 Å². The predicted molar refractivity (Wildman–Crippen MR) is 77.0 cm³/mol. The van der Waals surface area contributed by atoms with Gasteiger partial charge in [0.2, 0.25) is 0 Å². The molecule has 2 N–H and O–H groups in total. The number of rotatable bonds is 7. The molecule has 1 atom stereocenters. The number of carboxylic acid groups (broad SMARTS) is 1. The number of esters is 1. The van der Waals surface area contributed by atoms with E-state index in [-0.39, 0.29) is 12.8 Å². The van der Waals surface area contributed by atoms with E-state index in [1.807, 2.05) is 17.5 Å². The summed E-state index contributed by atoms with van der Waals surface area (Å²) >= 11 is 1.51. The molecule has 1 aromatic rings. The lowest BCUT2D eigenvalue weighted by atomic mass is 10.1. The van der Waals surface area contributed by atoms with Gasteiger partial charge in [0.1, 0.15) is 6.04 Å². The SMILES string of the molecule is COC(=O)CC[C@@H](NC(=O)N(C)Cc1cccs1)C(=O)O. The van der Waals surface area contributed by atoms with Crippen LogP contribution in [-0.4, -0.2) is 48.2 Å². The Bertz CT molecular complexity index is 489. The van der Waals surface area contributed by atoms with Gasteiger partial charge in [0.15, 0.2) is 0 Å². The van der Waals surface area contributed by atoms with E-state index in [2.05, 4.69) is 10.1 Å². The average molecular weight is 314 g/mol. The van der Waals surface area contributed by atoms with Crippen molar-refractivity contribution in [2.75, 3.05) is 14.2 Å². The number of aliphatic carboxylic acids is 1. The maximum Gasteiger partial charge on any atom is 0.326 e. The first kappa shape index (κ1) is 17.0. The van der Waals surface area contributed by atoms with Gasteiger partial charge in [0.05, 0.1) is 13.7 Å². The summed E-state index contributed by atoms with van der Waals surface area (Å²) in [5, 5.41) is 13.4. The van der Waals surface area contributed by atoms with Crippen molar-refractivity contribution in [3.8, 4) is 0 Å². The fourth-order valence-corrected chi connectivity index (χ4v) is 2.35. The van der Waals surface area contributed by atoms with E-state index in [0.29, 0.717) is 6.54 Å². The molecule has 0 radical (unpaired) electrons. The zero-order valence-electron chi connectivity index (χ0n) is 11.9. The second kappa shape index (κ2) is 8.25. The second-order valence-corrected chi connectivity index (χ2v) is 5.42. The maximum atomic E-state index is 11.9. The van der Waals surface area contributed by atoms with Crippen molar-refractivity contribution in [1.82, 2.24) is 10.2 Å². The standard InChI is InChI=1S/C13H18N2O5S/c1-15(8-9-4-3-7-21-9)13(19)14-10(12(17)18)5-6-11(16)20-2/h3-4,7,10H,5-6,8H2,1-2H3,(H,14,19)(H,17,18)/t10-/m1/s1. The molecular formula is C13H18N2O5S. The number of thiophene rings is 1. The summed E-state index contributed by atoms with van der Waals surface area (Å²) < 4.78 is 4.45. The normalized spacial score (nSPS) is 11.5. The number of hydrogen-bond donors (Lipinski definition) is 2. The van der Waals surface area contributed by atoms with Crippen LogP contribution in [0, 0.1) is 0 Å². The summed E-state index contributed by atoms with van der Waals surface area (Å²) in [6.45, 7) is 0.396. The van der Waals surface area contributed by atoms with E-state index in [9.17, 15) is 14.4 Å². The second-order valence-electron chi connectivity index (χ2n) is 4.39. The minimum Gasteiger partial charge on any atom is -0.480 e. The van der Waals surface area contributed by atoms with Gasteiger partial charge < -0.3 is 20.1 Å². The van der Waals surface area contributed by atoms with E-state index < -0.39 is 24.0 Å². The summed E-state index contributed by atoms with van der Waals surface area (Å²) in [5.41, 5.74) is 0. The Morgan fingerprint density at radius 1 is 1.48 bits per heavy atom. The van der Waals surface area contributed by atoms with E-state index in [1.54, 1.807) is 7.05 Å². The molecule has 0 fully saturated rings. The molecule has 0 saturated carbocycles. The monoisotopic (exact) mass is 314 g/mol. The Labute approximate surface area is 126 Å². The number of amides is 2. The van der Waals surface area contributed by atoms with Gasteiger partial charge in [0, 0.05) is 18.3 Å². The molecule has 8 heteroatoms. The molecular weight excluding hydrogens is 296 g/mol. The van der Waals surface area contributed by atoms with Crippen molar-refractivity contribution in [3.63, 3.8) is 0 Å². The van der Waals surface area contributed by atoms with Gasteiger partial charge in [-0.15, -0.1) is 11.3 Å². The van der Waals surface area contributed by atoms with Crippen LogP contribution in [0.15, 0.2) is 17.5 Å². The van der Waals surface area contributed by atoms with Crippen molar-refractivity contribution in [3.05, 3.63) is 22.4 Å². The summed E-state index contributed by atoms with van der Waals surface area (Å²) in [6, 6.07) is 2.14. The number of methoxy groups -OCH3 is 1. The van der Waals surface area contributed by atoms with Gasteiger partial charge in [-0.05, 0) is 17.9 Å². The highest BCUT2D eigenvalue weighted by atomic mass is 32.1. The van der Waals surface area contributed by atoms with Crippen LogP contribution in [0.3, 0.4) is 0 Å². The summed E-state index contributed by atoms with van der Waals surface area (Å²) in [4.78, 5) is 36.4. The van der Waals surface area contributed by atoms with Crippen molar-refractivity contribution >= 4 is 29.3 Å². The maximum absolute atomic E-state index is 11.9. The Morgan fingerprint density at radius 2 is 2.19 bits per heavy atom. The third-order valence-corrected chi connectivity index (χ3v) is 3.64. The quantitative estimate of drug-likeness (QED) is 0.739. The molecule has 7 nitrogen and oxygen atoms in total. The van der Waals surface area contributed by atoms with Crippen LogP contribution in [0.1, 0.15) is 17.7 Å². The first-order valence-electron chi connectivity index (χ1n) is 6.27. The number of nitrogens with one attached hydrogen (secondary N) is 1. The highest BCUT2D eigenvalue weighted by molar-refractivity contribution is 7.09. The molecule has 1 aromatic heterocycles. The van der Waals surface area contributed by atoms with Gasteiger partial charge in [-0.3, -0.25) is 4.79 Å². The first-order valence-corrected chi connectivity index (χ1v) is 7.15. The minimum absolute atomic E-state index is 0.0133. The number of nitrogens with zero attached hydrogens (tertiary/aromatic N) is 1. The molecule has 0 bridgehead atoms. The third kappa shape index (κ3) is 5.82. The molecule has 0 spiro atoms. The number of hydrogen-bond acceptors (Lipinski definition) is 5. The van der Waals surface area contributed by atoms with Crippen LogP contribution in [0.25, 0.3) is 0 Å². The smallest absolute Gasteiger partial charge is 0.326 e. The molecule has 1 heterocycles. The third-order valence-electron chi connectivity index (χ3n) is 2.78. The van der Waals surface area contributed by atoms with E-state index in [0.717, 1.165) is 4.88 Å². The fraction of sp³-hybridized carbons (Fsp3) is 0.462. The van der Waals surface area contributed by atoms with Crippen LogP contribution in [-0.2, 0) is 20.9 Å². The van der Waals surface area contributed by atoms with Crippen LogP contribution >= 0.6 is 11.3 Å². The average Bonchev–Trinajstić information content (AvgIpc) is 2.95. The van der Waals surface area contributed by atoms with Gasteiger partial charge >= 0.3 is 18.0 Å². The largest absolute Gasteiger partial charge is 0.480 e. The summed E-state index contributed by atoms with van der Waals surface area (Å²) in [5.74, 6) is -1.70.